The third kappa shape index (κ3) is 3.97. The Morgan fingerprint density at radius 1 is 0.905 bits per heavy atom. The van der Waals surface area contributed by atoms with Gasteiger partial charge in [0, 0.05) is 10.7 Å². The van der Waals surface area contributed by atoms with Crippen LogP contribution < -0.4 is 10.6 Å². The first-order chi connectivity index (χ1) is 9.97. The van der Waals surface area contributed by atoms with E-state index in [-0.39, 0.29) is 0 Å². The molecule has 6 heteroatoms. The molecule has 0 radical (unpaired) electrons. The number of amides is 2. The van der Waals surface area contributed by atoms with Crippen molar-refractivity contribution >= 4 is 46.4 Å². The number of rotatable bonds is 2. The molecule has 0 atom stereocenters. The first-order valence-corrected chi connectivity index (χ1v) is 6.86. The molecule has 0 fully saturated rings. The van der Waals surface area contributed by atoms with Crippen molar-refractivity contribution in [2.45, 2.75) is 6.92 Å². The summed E-state index contributed by atoms with van der Waals surface area (Å²) in [6.07, 6.45) is 0. The highest BCUT2D eigenvalue weighted by atomic mass is 35.5. The Hall–Kier alpha value is -2.04. The molecule has 2 aromatic rings. The molecule has 0 aliphatic carbocycles. The van der Waals surface area contributed by atoms with Gasteiger partial charge in [-0.05, 0) is 42.8 Å². The van der Waals surface area contributed by atoms with Gasteiger partial charge < -0.3 is 10.6 Å². The van der Waals surface area contributed by atoms with E-state index in [2.05, 4.69) is 10.6 Å². The maximum absolute atomic E-state index is 11.9. The van der Waals surface area contributed by atoms with Gasteiger partial charge in [0.2, 0.25) is 0 Å². The van der Waals surface area contributed by atoms with Gasteiger partial charge in [0.25, 0.3) is 0 Å². The zero-order valence-electron chi connectivity index (χ0n) is 11.1. The quantitative estimate of drug-likeness (QED) is 0.824. The van der Waals surface area contributed by atoms with Crippen molar-refractivity contribution in [2.75, 3.05) is 10.6 Å². The molecule has 0 aromatic heterocycles. The number of hydrogen-bond acceptors (Lipinski definition) is 2. The van der Waals surface area contributed by atoms with E-state index in [1.165, 1.54) is 0 Å². The molecule has 21 heavy (non-hydrogen) atoms. The molecule has 0 saturated heterocycles. The van der Waals surface area contributed by atoms with E-state index < -0.39 is 11.8 Å². The molecule has 0 heterocycles. The zero-order valence-corrected chi connectivity index (χ0v) is 12.6. The van der Waals surface area contributed by atoms with Crippen LogP contribution in [0.2, 0.25) is 10.0 Å². The van der Waals surface area contributed by atoms with Crippen molar-refractivity contribution < 1.29 is 9.59 Å². The average Bonchev–Trinajstić information content (AvgIpc) is 2.44. The highest BCUT2D eigenvalue weighted by Gasteiger charge is 2.16. The number of anilines is 2. The smallest absolute Gasteiger partial charge is 0.314 e. The Balaban J connectivity index is 2.06. The van der Waals surface area contributed by atoms with Crippen molar-refractivity contribution in [1.82, 2.24) is 0 Å². The summed E-state index contributed by atoms with van der Waals surface area (Å²) < 4.78 is 0. The van der Waals surface area contributed by atoms with Crippen molar-refractivity contribution in [1.29, 1.82) is 0 Å². The highest BCUT2D eigenvalue weighted by Crippen LogP contribution is 2.21. The minimum Gasteiger partial charge on any atom is -0.318 e. The minimum atomic E-state index is -0.794. The van der Waals surface area contributed by atoms with E-state index in [1.807, 2.05) is 0 Å². The molecular formula is C15H12Cl2N2O2. The molecule has 2 rings (SSSR count). The lowest BCUT2D eigenvalue weighted by Gasteiger charge is -2.09. The number of carbonyl (C=O) groups is 2. The predicted molar refractivity (Wildman–Crippen MR) is 84.9 cm³/mol. The van der Waals surface area contributed by atoms with E-state index in [4.69, 9.17) is 23.2 Å². The second-order valence-corrected chi connectivity index (χ2v) is 5.19. The lowest BCUT2D eigenvalue weighted by Crippen LogP contribution is -2.29. The zero-order chi connectivity index (χ0) is 15.4. The number of nitrogens with one attached hydrogen (secondary N) is 2. The van der Waals surface area contributed by atoms with Crippen molar-refractivity contribution in [3.05, 3.63) is 58.1 Å². The van der Waals surface area contributed by atoms with E-state index in [1.54, 1.807) is 49.4 Å². The average molecular weight is 323 g/mol. The largest absolute Gasteiger partial charge is 0.318 e. The third-order valence-corrected chi connectivity index (χ3v) is 3.33. The lowest BCUT2D eigenvalue weighted by molar-refractivity contribution is -0.133. The number of benzene rings is 2. The van der Waals surface area contributed by atoms with E-state index >= 15 is 0 Å². The number of halogens is 2. The van der Waals surface area contributed by atoms with Gasteiger partial charge in [0.1, 0.15) is 0 Å². The van der Waals surface area contributed by atoms with Gasteiger partial charge >= 0.3 is 11.8 Å². The van der Waals surface area contributed by atoms with Crippen LogP contribution in [0.1, 0.15) is 5.56 Å². The molecule has 108 valence electrons. The summed E-state index contributed by atoms with van der Waals surface area (Å²) in [5.74, 6) is -1.57. The summed E-state index contributed by atoms with van der Waals surface area (Å²) in [6.45, 7) is 1.79. The van der Waals surface area contributed by atoms with Crippen LogP contribution in [0.25, 0.3) is 0 Å². The summed E-state index contributed by atoms with van der Waals surface area (Å²) in [4.78, 5) is 23.7. The molecule has 2 aromatic carbocycles. The predicted octanol–water partition coefficient (Wildman–Crippen LogP) is 3.88. The van der Waals surface area contributed by atoms with Crippen molar-refractivity contribution in [3.8, 4) is 0 Å². The van der Waals surface area contributed by atoms with Crippen LogP contribution in [0, 0.1) is 6.92 Å². The number of hydrogen-bond donors (Lipinski definition) is 2. The fraction of sp³-hybridized carbons (Fsp3) is 0.0667. The molecule has 0 aliphatic heterocycles. The first-order valence-electron chi connectivity index (χ1n) is 6.10. The molecule has 2 N–H and O–H groups in total. The van der Waals surface area contributed by atoms with Gasteiger partial charge in [-0.2, -0.15) is 0 Å². The van der Waals surface area contributed by atoms with E-state index in [0.717, 1.165) is 5.56 Å². The van der Waals surface area contributed by atoms with Crippen LogP contribution >= 0.6 is 23.2 Å². The molecule has 0 spiro atoms. The van der Waals surface area contributed by atoms with Crippen LogP contribution in [0.5, 0.6) is 0 Å². The van der Waals surface area contributed by atoms with Gasteiger partial charge in [0.15, 0.2) is 0 Å². The minimum absolute atomic E-state index is 0.362. The van der Waals surface area contributed by atoms with Gasteiger partial charge in [-0.25, -0.2) is 0 Å². The standard InChI is InChI=1S/C15H12Cl2N2O2/c1-9-8-10(16)6-7-12(9)18-14(20)15(21)19-13-5-3-2-4-11(13)17/h2-8H,1H3,(H,18,20)(H,19,21). The molecular weight excluding hydrogens is 311 g/mol. The van der Waals surface area contributed by atoms with Crippen molar-refractivity contribution in [3.63, 3.8) is 0 Å². The summed E-state index contributed by atoms with van der Waals surface area (Å²) in [7, 11) is 0. The fourth-order valence-corrected chi connectivity index (χ4v) is 2.10. The first kappa shape index (κ1) is 15.4. The van der Waals surface area contributed by atoms with Gasteiger partial charge in [-0.15, -0.1) is 0 Å². The Bertz CT molecular complexity index is 702. The second kappa shape index (κ2) is 6.61. The number of carbonyl (C=O) groups excluding carboxylic acids is 2. The summed E-state index contributed by atoms with van der Waals surface area (Å²) >= 11 is 11.7. The normalized spacial score (nSPS) is 10.0. The summed E-state index contributed by atoms with van der Waals surface area (Å²) in [5, 5.41) is 5.90. The third-order valence-electron chi connectivity index (χ3n) is 2.76. The van der Waals surface area contributed by atoms with Crippen LogP contribution in [-0.2, 0) is 9.59 Å². The maximum atomic E-state index is 11.9. The Labute approximate surface area is 132 Å². The van der Waals surface area contributed by atoms with E-state index in [9.17, 15) is 9.59 Å². The van der Waals surface area contributed by atoms with E-state index in [0.29, 0.717) is 21.4 Å². The van der Waals surface area contributed by atoms with Crippen LogP contribution in [-0.4, -0.2) is 11.8 Å². The molecule has 0 bridgehead atoms. The Kier molecular flexibility index (Phi) is 4.83. The monoisotopic (exact) mass is 322 g/mol. The summed E-state index contributed by atoms with van der Waals surface area (Å²) in [5.41, 5.74) is 1.67. The number of para-hydroxylation sites is 1. The van der Waals surface area contributed by atoms with Crippen molar-refractivity contribution in [2.24, 2.45) is 0 Å². The molecule has 4 nitrogen and oxygen atoms in total. The molecule has 0 unspecified atom stereocenters. The molecule has 0 aliphatic rings. The Morgan fingerprint density at radius 2 is 1.52 bits per heavy atom. The molecule has 0 saturated carbocycles. The number of aryl methyl sites for hydroxylation is 1. The maximum Gasteiger partial charge on any atom is 0.314 e. The summed E-state index contributed by atoms with van der Waals surface area (Å²) in [6, 6.07) is 11.6. The SMILES string of the molecule is Cc1cc(Cl)ccc1NC(=O)C(=O)Nc1ccccc1Cl. The van der Waals surface area contributed by atoms with Gasteiger partial charge in [-0.3, -0.25) is 9.59 Å². The lowest BCUT2D eigenvalue weighted by atomic mass is 10.2. The highest BCUT2D eigenvalue weighted by molar-refractivity contribution is 6.45. The second-order valence-electron chi connectivity index (χ2n) is 4.35. The van der Waals surface area contributed by atoms with Crippen LogP contribution in [0.15, 0.2) is 42.5 Å². The topological polar surface area (TPSA) is 58.2 Å². The Morgan fingerprint density at radius 3 is 2.14 bits per heavy atom. The van der Waals surface area contributed by atoms with Crippen LogP contribution in [0.3, 0.4) is 0 Å². The van der Waals surface area contributed by atoms with Gasteiger partial charge in [-0.1, -0.05) is 35.3 Å². The van der Waals surface area contributed by atoms with Crippen LogP contribution in [0.4, 0.5) is 11.4 Å². The molecule has 2 amide bonds. The fourth-order valence-electron chi connectivity index (χ4n) is 1.69. The van der Waals surface area contributed by atoms with Gasteiger partial charge in [0.05, 0.1) is 10.7 Å².